The Morgan fingerprint density at radius 1 is 1.69 bits per heavy atom. The summed E-state index contributed by atoms with van der Waals surface area (Å²) in [5.41, 5.74) is 6.45. The minimum atomic E-state index is 0.0735. The zero-order chi connectivity index (χ0) is 11.7. The summed E-state index contributed by atoms with van der Waals surface area (Å²) in [7, 11) is 1.69. The van der Waals surface area contributed by atoms with Gasteiger partial charge in [-0.2, -0.15) is 0 Å². The van der Waals surface area contributed by atoms with Gasteiger partial charge in [0.2, 0.25) is 0 Å². The summed E-state index contributed by atoms with van der Waals surface area (Å²) in [5.74, 6) is 0.0735. The third-order valence-electron chi connectivity index (χ3n) is 2.93. The first-order valence-electron chi connectivity index (χ1n) is 5.29. The van der Waals surface area contributed by atoms with Crippen LogP contribution in [0.25, 0.3) is 0 Å². The molecule has 0 saturated carbocycles. The number of amides is 1. The normalized spacial score (nSPS) is 20.4. The molecule has 1 saturated heterocycles. The molecule has 0 aromatic carbocycles. The molecule has 1 fully saturated rings. The summed E-state index contributed by atoms with van der Waals surface area (Å²) < 4.78 is 5.24. The summed E-state index contributed by atoms with van der Waals surface area (Å²) in [6.07, 6.45) is 1.10. The van der Waals surface area contributed by atoms with Gasteiger partial charge in [-0.3, -0.25) is 4.79 Å². The molecule has 0 aliphatic carbocycles. The Bertz CT molecular complexity index is 383. The lowest BCUT2D eigenvalue weighted by Gasteiger charge is -2.14. The van der Waals surface area contributed by atoms with E-state index >= 15 is 0 Å². The van der Waals surface area contributed by atoms with E-state index in [-0.39, 0.29) is 12.0 Å². The molecule has 0 bridgehead atoms. The number of hydrogen-bond acceptors (Lipinski definition) is 4. The maximum atomic E-state index is 12.1. The van der Waals surface area contributed by atoms with Gasteiger partial charge in [0, 0.05) is 30.8 Å². The third-order valence-corrected chi connectivity index (χ3v) is 3.99. The van der Waals surface area contributed by atoms with Gasteiger partial charge >= 0.3 is 0 Å². The molecular formula is C11H16N2O2S. The fourth-order valence-electron chi connectivity index (χ4n) is 1.86. The molecule has 2 N–H and O–H groups in total. The lowest BCUT2D eigenvalue weighted by molar-refractivity contribution is 0.0728. The van der Waals surface area contributed by atoms with Crippen molar-refractivity contribution in [2.75, 3.05) is 25.9 Å². The number of aryl methyl sites for hydroxylation is 1. The van der Waals surface area contributed by atoms with E-state index in [4.69, 9.17) is 10.5 Å². The van der Waals surface area contributed by atoms with Crippen molar-refractivity contribution in [3.8, 4) is 0 Å². The molecule has 1 unspecified atom stereocenters. The highest BCUT2D eigenvalue weighted by atomic mass is 32.1. The molecule has 1 aliphatic rings. The zero-order valence-corrected chi connectivity index (χ0v) is 10.3. The van der Waals surface area contributed by atoms with Crippen molar-refractivity contribution in [1.82, 2.24) is 4.90 Å². The van der Waals surface area contributed by atoms with Gasteiger partial charge in [0.05, 0.1) is 11.0 Å². The van der Waals surface area contributed by atoms with E-state index in [1.807, 2.05) is 11.8 Å². The number of anilines is 1. The molecule has 0 spiro atoms. The monoisotopic (exact) mass is 240 g/mol. The summed E-state index contributed by atoms with van der Waals surface area (Å²) >= 11 is 1.46. The molecule has 1 amide bonds. The van der Waals surface area contributed by atoms with Crippen molar-refractivity contribution < 1.29 is 9.53 Å². The van der Waals surface area contributed by atoms with Crippen LogP contribution in [0.2, 0.25) is 0 Å². The van der Waals surface area contributed by atoms with Gasteiger partial charge < -0.3 is 15.4 Å². The van der Waals surface area contributed by atoms with Crippen molar-refractivity contribution in [2.45, 2.75) is 19.4 Å². The molecule has 0 radical (unpaired) electrons. The topological polar surface area (TPSA) is 55.6 Å². The van der Waals surface area contributed by atoms with Gasteiger partial charge in [0.15, 0.2) is 0 Å². The van der Waals surface area contributed by atoms with Crippen LogP contribution in [0.3, 0.4) is 0 Å². The number of thiophene rings is 1. The standard InChI is InChI=1S/C11H16N2O2S/c1-7-9(12)5-10(16-7)11(14)13-4-3-8(6-13)15-2/h5,8H,3-4,6,12H2,1-2H3. The fourth-order valence-corrected chi connectivity index (χ4v) is 2.77. The quantitative estimate of drug-likeness (QED) is 0.852. The van der Waals surface area contributed by atoms with Gasteiger partial charge in [-0.1, -0.05) is 0 Å². The fraction of sp³-hybridized carbons (Fsp3) is 0.545. The minimum Gasteiger partial charge on any atom is -0.398 e. The highest BCUT2D eigenvalue weighted by Gasteiger charge is 2.27. The van der Waals surface area contributed by atoms with Crippen LogP contribution < -0.4 is 5.73 Å². The van der Waals surface area contributed by atoms with Crippen molar-refractivity contribution in [3.63, 3.8) is 0 Å². The Kier molecular flexibility index (Phi) is 3.16. The van der Waals surface area contributed by atoms with E-state index in [9.17, 15) is 4.79 Å². The highest BCUT2D eigenvalue weighted by Crippen LogP contribution is 2.26. The summed E-state index contributed by atoms with van der Waals surface area (Å²) in [6.45, 7) is 3.39. The van der Waals surface area contributed by atoms with Crippen LogP contribution in [-0.4, -0.2) is 37.1 Å². The summed E-state index contributed by atoms with van der Waals surface area (Å²) in [6, 6.07) is 1.77. The van der Waals surface area contributed by atoms with Gasteiger partial charge in [-0.15, -0.1) is 11.3 Å². The molecule has 88 valence electrons. The van der Waals surface area contributed by atoms with Crippen LogP contribution in [0.15, 0.2) is 6.07 Å². The predicted molar refractivity (Wildman–Crippen MR) is 64.8 cm³/mol. The van der Waals surface area contributed by atoms with E-state index in [0.29, 0.717) is 12.2 Å². The van der Waals surface area contributed by atoms with E-state index in [0.717, 1.165) is 22.7 Å². The molecular weight excluding hydrogens is 224 g/mol. The van der Waals surface area contributed by atoms with E-state index in [1.54, 1.807) is 13.2 Å². The Balaban J connectivity index is 2.08. The Hall–Kier alpha value is -1.07. The molecule has 2 heterocycles. The number of ether oxygens (including phenoxy) is 1. The van der Waals surface area contributed by atoms with Crippen LogP contribution >= 0.6 is 11.3 Å². The molecule has 1 aliphatic heterocycles. The second kappa shape index (κ2) is 4.43. The predicted octanol–water partition coefficient (Wildman–Crippen LogP) is 1.50. The average Bonchev–Trinajstić information content (AvgIpc) is 2.86. The molecule has 5 heteroatoms. The lowest BCUT2D eigenvalue weighted by Crippen LogP contribution is -2.29. The first kappa shape index (κ1) is 11.4. The maximum absolute atomic E-state index is 12.1. The number of rotatable bonds is 2. The number of likely N-dealkylation sites (tertiary alicyclic amines) is 1. The van der Waals surface area contributed by atoms with Crippen molar-refractivity contribution >= 4 is 22.9 Å². The first-order chi connectivity index (χ1) is 7.61. The second-order valence-electron chi connectivity index (χ2n) is 4.02. The summed E-state index contributed by atoms with van der Waals surface area (Å²) in [4.78, 5) is 15.7. The highest BCUT2D eigenvalue weighted by molar-refractivity contribution is 7.14. The van der Waals surface area contributed by atoms with Crippen LogP contribution in [-0.2, 0) is 4.74 Å². The van der Waals surface area contributed by atoms with Crippen molar-refractivity contribution in [2.24, 2.45) is 0 Å². The maximum Gasteiger partial charge on any atom is 0.264 e. The van der Waals surface area contributed by atoms with Crippen molar-refractivity contribution in [1.29, 1.82) is 0 Å². The van der Waals surface area contributed by atoms with Crippen LogP contribution in [0.5, 0.6) is 0 Å². The zero-order valence-electron chi connectivity index (χ0n) is 9.53. The molecule has 4 nitrogen and oxygen atoms in total. The third kappa shape index (κ3) is 2.05. The van der Waals surface area contributed by atoms with Crippen LogP contribution in [0.1, 0.15) is 21.0 Å². The van der Waals surface area contributed by atoms with Crippen molar-refractivity contribution in [3.05, 3.63) is 15.8 Å². The second-order valence-corrected chi connectivity index (χ2v) is 5.28. The Morgan fingerprint density at radius 2 is 2.44 bits per heavy atom. The number of hydrogen-bond donors (Lipinski definition) is 1. The SMILES string of the molecule is COC1CCN(C(=O)c2cc(N)c(C)s2)C1. The average molecular weight is 240 g/mol. The van der Waals surface area contributed by atoms with Crippen LogP contribution in [0.4, 0.5) is 5.69 Å². The van der Waals surface area contributed by atoms with Gasteiger partial charge in [0.1, 0.15) is 0 Å². The molecule has 2 rings (SSSR count). The minimum absolute atomic E-state index is 0.0735. The number of nitrogen functional groups attached to an aromatic ring is 1. The molecule has 1 aromatic rings. The number of methoxy groups -OCH3 is 1. The molecule has 1 aromatic heterocycles. The number of carbonyl (C=O) groups excluding carboxylic acids is 1. The summed E-state index contributed by atoms with van der Waals surface area (Å²) in [5, 5.41) is 0. The lowest BCUT2D eigenvalue weighted by atomic mass is 10.3. The largest absolute Gasteiger partial charge is 0.398 e. The first-order valence-corrected chi connectivity index (χ1v) is 6.11. The number of nitrogens with two attached hydrogens (primary N) is 1. The van der Waals surface area contributed by atoms with Gasteiger partial charge in [-0.25, -0.2) is 0 Å². The van der Waals surface area contributed by atoms with Crippen LogP contribution in [0, 0.1) is 6.92 Å². The van der Waals surface area contributed by atoms with Gasteiger partial charge in [0.25, 0.3) is 5.91 Å². The van der Waals surface area contributed by atoms with E-state index < -0.39 is 0 Å². The Morgan fingerprint density at radius 3 is 2.94 bits per heavy atom. The molecule has 16 heavy (non-hydrogen) atoms. The van der Waals surface area contributed by atoms with E-state index in [1.165, 1.54) is 11.3 Å². The number of nitrogens with zero attached hydrogens (tertiary/aromatic N) is 1. The number of carbonyl (C=O) groups is 1. The Labute approximate surface area is 99.0 Å². The van der Waals surface area contributed by atoms with Gasteiger partial charge in [-0.05, 0) is 19.4 Å². The molecule has 1 atom stereocenters. The smallest absolute Gasteiger partial charge is 0.264 e. The van der Waals surface area contributed by atoms with E-state index in [2.05, 4.69) is 0 Å².